The van der Waals surface area contributed by atoms with Gasteiger partial charge < -0.3 is 55.0 Å². The Bertz CT molecular complexity index is 2860. The summed E-state index contributed by atoms with van der Waals surface area (Å²) in [5.74, 6) is -4.92. The third kappa shape index (κ3) is 19.0. The lowest BCUT2D eigenvalue weighted by Gasteiger charge is -2.42. The molecule has 0 saturated carbocycles. The van der Waals surface area contributed by atoms with Gasteiger partial charge in [-0.05, 0) is 107 Å². The van der Waals surface area contributed by atoms with Crippen LogP contribution in [0.5, 0.6) is 0 Å². The maximum atomic E-state index is 14.4. The van der Waals surface area contributed by atoms with Crippen molar-refractivity contribution in [2.45, 2.75) is 167 Å². The van der Waals surface area contributed by atoms with Crippen LogP contribution in [0.4, 0.5) is 15.3 Å². The highest BCUT2D eigenvalue weighted by Crippen LogP contribution is 2.49. The fourth-order valence-electron chi connectivity index (χ4n) is 10.5. The number of Topliss-reactive ketones (excluding diaryl/α,β-unsaturated/α-hetero) is 2. The van der Waals surface area contributed by atoms with Gasteiger partial charge >= 0.3 is 24.1 Å². The number of aliphatic hydroxyl groups is 1. The van der Waals surface area contributed by atoms with Gasteiger partial charge in [-0.2, -0.15) is 0 Å². The molecule has 0 spiro atoms. The Morgan fingerprint density at radius 1 is 1.05 bits per heavy atom. The van der Waals surface area contributed by atoms with E-state index in [2.05, 4.69) is 38.5 Å². The zero-order chi connectivity index (χ0) is 63.1. The molecule has 23 heteroatoms. The number of fused-ring (bicyclic) bond motifs is 5. The number of amides is 6. The number of nitrogens with zero attached hydrogens (tertiary/aromatic N) is 2. The van der Waals surface area contributed by atoms with Crippen LogP contribution in [0, 0.1) is 24.7 Å². The van der Waals surface area contributed by atoms with E-state index in [9.17, 15) is 48.3 Å². The van der Waals surface area contributed by atoms with Gasteiger partial charge in [0.2, 0.25) is 11.8 Å². The van der Waals surface area contributed by atoms with Gasteiger partial charge in [0.15, 0.2) is 11.5 Å². The number of methoxy groups -OCH3 is 1. The maximum absolute atomic E-state index is 14.4. The molecule has 85 heavy (non-hydrogen) atoms. The number of hydrogen-bond acceptors (Lipinski definition) is 15. The molecule has 4 bridgehead atoms. The molecule has 10 atom stereocenters. The Kier molecular flexibility index (Phi) is 25.5. The second kappa shape index (κ2) is 31.3. The molecule has 0 aliphatic carbocycles. The number of unbranched alkanes of at least 4 members (excludes halogenated alkanes) is 2. The first-order chi connectivity index (χ1) is 40.0. The van der Waals surface area contributed by atoms with Crippen LogP contribution in [0.25, 0.3) is 0 Å². The number of halogens is 2. The number of anilines is 1. The number of primary amides is 1. The van der Waals surface area contributed by atoms with E-state index in [1.165, 1.54) is 43.0 Å². The lowest BCUT2D eigenvalue weighted by Crippen LogP contribution is -2.63. The van der Waals surface area contributed by atoms with Gasteiger partial charge in [0.25, 0.3) is 5.91 Å². The van der Waals surface area contributed by atoms with Crippen molar-refractivity contribution >= 4 is 86.6 Å². The van der Waals surface area contributed by atoms with E-state index in [0.717, 1.165) is 16.7 Å². The van der Waals surface area contributed by atoms with Crippen LogP contribution in [0.2, 0.25) is 5.02 Å². The highest BCUT2D eigenvalue weighted by Gasteiger charge is 2.64. The normalized spacial score (nSPS) is 24.4. The molecule has 21 nitrogen and oxygen atoms in total. The molecule has 6 N–H and O–H groups in total. The Balaban J connectivity index is 1.29. The van der Waals surface area contributed by atoms with Crippen molar-refractivity contribution < 1.29 is 71.9 Å². The van der Waals surface area contributed by atoms with Crippen molar-refractivity contribution in [3.63, 3.8) is 0 Å². The number of nitrogens with two attached hydrogens (primary N) is 1. The molecule has 3 aliphatic heterocycles. The van der Waals surface area contributed by atoms with Crippen LogP contribution in [0.15, 0.2) is 72.4 Å². The SMILES string of the molecule is C=C(CBr)C(=O)OCCCCCC(=O)C[C@H](C(=O)N[C@@H](CCCNC(N)=O)C(=O)Cc1ccc(C(=O)N(C)[C@@H](C)C(=O)O[C@H]2CC(=O)N(C)c3cc(cc(C)c3Cl)C/C(C)=C/C=C/[C@@H](OC)[C@@]3(O)C[C@H](OC(=O)N3)[C@@H](C)[C@@H]3O[C@@]23C)cc1)C(C)C. The molecule has 2 fully saturated rings. The minimum absolute atomic E-state index is 0.0393. The molecular weight excluding hydrogens is 1180 g/mol. The van der Waals surface area contributed by atoms with Gasteiger partial charge in [-0.1, -0.05) is 96.9 Å². The number of nitrogens with one attached hydrogen (secondary N) is 3. The first kappa shape index (κ1) is 69.3. The predicted octanol–water partition coefficient (Wildman–Crippen LogP) is 7.46. The number of ketones is 2. The number of rotatable bonds is 25. The summed E-state index contributed by atoms with van der Waals surface area (Å²) in [6.45, 7) is 16.3. The third-order valence-electron chi connectivity index (χ3n) is 16.1. The Hall–Kier alpha value is -6.46. The Labute approximate surface area is 511 Å². The molecule has 6 amide bonds. The van der Waals surface area contributed by atoms with Crippen molar-refractivity contribution in [3.8, 4) is 0 Å². The maximum Gasteiger partial charge on any atom is 0.409 e. The second-order valence-corrected chi connectivity index (χ2v) is 24.0. The fourth-order valence-corrected chi connectivity index (χ4v) is 11.0. The van der Waals surface area contributed by atoms with Gasteiger partial charge in [0, 0.05) is 81.7 Å². The molecule has 3 heterocycles. The van der Waals surface area contributed by atoms with E-state index in [0.29, 0.717) is 59.3 Å². The van der Waals surface area contributed by atoms with Crippen molar-refractivity contribution in [3.05, 3.63) is 99.6 Å². The highest BCUT2D eigenvalue weighted by atomic mass is 79.9. The topological polar surface area (TPSA) is 292 Å². The van der Waals surface area contributed by atoms with Gasteiger partial charge in [0.1, 0.15) is 35.7 Å². The number of alkyl carbamates (subject to hydrolysis) is 1. The zero-order valence-electron chi connectivity index (χ0n) is 50.4. The number of ether oxygens (including phenoxy) is 5. The number of hydrogen-bond donors (Lipinski definition) is 5. The minimum Gasteiger partial charge on any atom is -0.462 e. The second-order valence-electron chi connectivity index (χ2n) is 23.0. The number of benzene rings is 2. The van der Waals surface area contributed by atoms with Crippen LogP contribution in [-0.2, 0) is 65.3 Å². The van der Waals surface area contributed by atoms with Crippen molar-refractivity contribution in [2.24, 2.45) is 23.5 Å². The van der Waals surface area contributed by atoms with Gasteiger partial charge in [0.05, 0.1) is 35.9 Å². The van der Waals surface area contributed by atoms with E-state index in [4.69, 9.17) is 41.0 Å². The smallest absolute Gasteiger partial charge is 0.409 e. The molecule has 3 aliphatic rings. The fraction of sp³-hybridized carbons (Fsp3) is 0.565. The number of urea groups is 1. The zero-order valence-corrected chi connectivity index (χ0v) is 52.7. The summed E-state index contributed by atoms with van der Waals surface area (Å²) >= 11 is 10.0. The first-order valence-electron chi connectivity index (χ1n) is 28.7. The Morgan fingerprint density at radius 2 is 1.74 bits per heavy atom. The summed E-state index contributed by atoms with van der Waals surface area (Å²) in [5.41, 5.74) is 5.97. The molecule has 2 saturated heterocycles. The van der Waals surface area contributed by atoms with E-state index in [1.54, 1.807) is 45.2 Å². The molecule has 466 valence electrons. The number of likely N-dealkylation sites (N-methyl/N-ethyl adjacent to an activating group) is 1. The quantitative estimate of drug-likeness (QED) is 0.0161. The van der Waals surface area contributed by atoms with E-state index in [1.807, 2.05) is 45.9 Å². The molecule has 2 aromatic carbocycles. The van der Waals surface area contributed by atoms with Crippen molar-refractivity contribution in [2.75, 3.05) is 44.6 Å². The number of esters is 2. The number of alkyl halides is 1. The summed E-state index contributed by atoms with van der Waals surface area (Å²) < 4.78 is 29.1. The summed E-state index contributed by atoms with van der Waals surface area (Å²) in [6, 6.07) is 6.96. The molecule has 2 aromatic rings. The van der Waals surface area contributed by atoms with Gasteiger partial charge in [-0.25, -0.2) is 19.2 Å². The molecular formula is C62H84BrClN6O15. The molecule has 5 rings (SSSR count). The average Bonchev–Trinajstić information content (AvgIpc) is 4.38. The van der Waals surface area contributed by atoms with Crippen molar-refractivity contribution in [1.82, 2.24) is 20.9 Å². The third-order valence-corrected chi connectivity index (χ3v) is 17.2. The number of epoxide rings is 1. The molecule has 0 radical (unpaired) electrons. The Morgan fingerprint density at radius 3 is 2.39 bits per heavy atom. The van der Waals surface area contributed by atoms with Crippen molar-refractivity contribution in [1.29, 1.82) is 0 Å². The summed E-state index contributed by atoms with van der Waals surface area (Å²) in [4.78, 5) is 123. The lowest BCUT2D eigenvalue weighted by atomic mass is 9.83. The lowest BCUT2D eigenvalue weighted by molar-refractivity contribution is -0.158. The molecule has 0 unspecified atom stereocenters. The largest absolute Gasteiger partial charge is 0.462 e. The van der Waals surface area contributed by atoms with Crippen LogP contribution in [-0.4, -0.2) is 151 Å². The number of carbonyl (C=O) groups excluding carboxylic acids is 9. The van der Waals surface area contributed by atoms with Crippen LogP contribution >= 0.6 is 27.5 Å². The van der Waals surface area contributed by atoms with Gasteiger partial charge in [-0.3, -0.25) is 29.3 Å². The molecule has 0 aromatic heterocycles. The highest BCUT2D eigenvalue weighted by molar-refractivity contribution is 9.09. The van der Waals surface area contributed by atoms with Gasteiger partial charge in [-0.15, -0.1) is 0 Å². The van der Waals surface area contributed by atoms with Crippen LogP contribution < -0.4 is 26.6 Å². The average molecular weight is 1270 g/mol. The van der Waals surface area contributed by atoms with E-state index < -0.39 is 101 Å². The predicted molar refractivity (Wildman–Crippen MR) is 323 cm³/mol. The summed E-state index contributed by atoms with van der Waals surface area (Å²) in [5, 5.41) is 20.4. The van der Waals surface area contributed by atoms with Crippen LogP contribution in [0.3, 0.4) is 0 Å². The standard InChI is InChI=1S/C62H84BrClN6O15/c1-35(2)45(31-44(71)18-13-12-14-26-82-57(76)38(5)34-63)55(74)67-46(19-16-25-66-59(65)78)48(72)30-41-21-23-43(24-22-41)56(75)69(9)40(7)58(77)84-51-32-52(73)70(10)47-29-42(28-37(4)53(47)64)27-36(3)17-15-20-50(81-11)62(80)33-49(83-60(79)68-62)39(6)54-61(51,8)85-54/h15,17,20-24,28-29,35,39-40,45-46,49-51,54,80H,5,12-14,16,18-19,25-27,30-34H2,1-4,6-11H3,(H,67,74)(H,68,79)(H3,65,66,78)/b20-15+,36-17+/t39-,40+,45+,46+,49+,50-,51+,54+,61+,62+/m1/s1. The summed E-state index contributed by atoms with van der Waals surface area (Å²) in [7, 11) is 4.41. The number of carbonyl (C=O) groups is 9. The summed E-state index contributed by atoms with van der Waals surface area (Å²) in [6.07, 6.45) is 2.61. The number of allylic oxidation sites excluding steroid dienone is 3. The minimum atomic E-state index is -1.89. The number of aryl methyl sites for hydroxylation is 1. The first-order valence-corrected chi connectivity index (χ1v) is 30.2. The monoisotopic (exact) mass is 1270 g/mol. The van der Waals surface area contributed by atoms with E-state index >= 15 is 0 Å². The van der Waals surface area contributed by atoms with E-state index in [-0.39, 0.29) is 74.7 Å². The van der Waals surface area contributed by atoms with Crippen LogP contribution in [0.1, 0.15) is 126 Å².